The van der Waals surface area contributed by atoms with Crippen molar-refractivity contribution in [2.75, 3.05) is 31.8 Å². The first-order valence-corrected chi connectivity index (χ1v) is 6.22. The quantitative estimate of drug-likeness (QED) is 0.621. The minimum absolute atomic E-state index is 0.248. The average molecular weight is 281 g/mol. The van der Waals surface area contributed by atoms with Crippen LogP contribution in [0.25, 0.3) is 0 Å². The number of ether oxygens (including phenoxy) is 2. The molecule has 1 atom stereocenters. The van der Waals surface area contributed by atoms with Gasteiger partial charge >= 0.3 is 5.97 Å². The lowest BCUT2D eigenvalue weighted by atomic mass is 10.2. The van der Waals surface area contributed by atoms with E-state index in [9.17, 15) is 4.79 Å². The van der Waals surface area contributed by atoms with E-state index in [1.165, 1.54) is 7.11 Å². The third kappa shape index (κ3) is 2.99. The van der Waals surface area contributed by atoms with Crippen LogP contribution in [-0.2, 0) is 14.3 Å². The summed E-state index contributed by atoms with van der Waals surface area (Å²) in [6.45, 7) is 1.47. The molecule has 1 aromatic rings. The van der Waals surface area contributed by atoms with Gasteiger partial charge in [-0.1, -0.05) is 12.2 Å². The van der Waals surface area contributed by atoms with Crippen molar-refractivity contribution in [3.63, 3.8) is 0 Å². The normalized spacial score (nSPS) is 19.0. The number of hydrogen-bond acceptors (Lipinski definition) is 6. The van der Waals surface area contributed by atoms with Gasteiger partial charge in [0, 0.05) is 6.54 Å². The summed E-state index contributed by atoms with van der Waals surface area (Å²) in [5.41, 5.74) is 6.88. The molecule has 0 saturated carbocycles. The Balaban J connectivity index is 2.22. The summed E-state index contributed by atoms with van der Waals surface area (Å²) in [6.07, 6.45) is 1.65. The topological polar surface area (TPSA) is 77.7 Å². The van der Waals surface area contributed by atoms with Crippen LogP contribution in [0.3, 0.4) is 0 Å². The predicted molar refractivity (Wildman–Crippen MR) is 74.1 cm³/mol. The first-order valence-electron chi connectivity index (χ1n) is 5.81. The molecule has 1 aromatic heterocycles. The fourth-order valence-corrected chi connectivity index (χ4v) is 2.07. The van der Waals surface area contributed by atoms with Crippen molar-refractivity contribution in [1.29, 1.82) is 0 Å². The van der Waals surface area contributed by atoms with Crippen molar-refractivity contribution in [2.45, 2.75) is 6.04 Å². The smallest absolute Gasteiger partial charge is 0.330 e. The zero-order valence-electron chi connectivity index (χ0n) is 10.5. The monoisotopic (exact) mass is 281 g/mol. The molecule has 1 aliphatic heterocycles. The van der Waals surface area contributed by atoms with E-state index in [2.05, 4.69) is 4.98 Å². The second kappa shape index (κ2) is 5.94. The summed E-state index contributed by atoms with van der Waals surface area (Å²) in [4.78, 5) is 18.0. The van der Waals surface area contributed by atoms with Gasteiger partial charge in [0.25, 0.3) is 0 Å². The van der Waals surface area contributed by atoms with Gasteiger partial charge in [0.05, 0.1) is 37.9 Å². The molecule has 0 amide bonds. The number of anilines is 1. The number of esters is 1. The van der Waals surface area contributed by atoms with Crippen molar-refractivity contribution >= 4 is 28.9 Å². The second-order valence-electron chi connectivity index (χ2n) is 4.07. The molecule has 0 bridgehead atoms. The van der Waals surface area contributed by atoms with Crippen LogP contribution >= 0.6 is 12.2 Å². The Labute approximate surface area is 116 Å². The van der Waals surface area contributed by atoms with Crippen LogP contribution in [0.4, 0.5) is 5.69 Å². The molecular formula is C12H15N3O3S. The number of rotatable bonds is 3. The SMILES string of the molecule is COC(=O)C1COCCN1c1ccc(C(N)=S)nc1. The first kappa shape index (κ1) is 13.7. The molecule has 0 aliphatic carbocycles. The van der Waals surface area contributed by atoms with E-state index in [0.717, 1.165) is 5.69 Å². The Hall–Kier alpha value is -1.73. The number of morpholine rings is 1. The molecule has 1 fully saturated rings. The van der Waals surface area contributed by atoms with Gasteiger partial charge in [-0.15, -0.1) is 0 Å². The minimum Gasteiger partial charge on any atom is -0.467 e. The lowest BCUT2D eigenvalue weighted by Gasteiger charge is -2.35. The summed E-state index contributed by atoms with van der Waals surface area (Å²) in [5, 5.41) is 0. The minimum atomic E-state index is -0.448. The number of hydrogen-bond donors (Lipinski definition) is 1. The molecule has 6 nitrogen and oxygen atoms in total. The fraction of sp³-hybridized carbons (Fsp3) is 0.417. The molecule has 0 aromatic carbocycles. The van der Waals surface area contributed by atoms with Gasteiger partial charge in [0.1, 0.15) is 4.99 Å². The van der Waals surface area contributed by atoms with E-state index in [4.69, 9.17) is 27.4 Å². The third-order valence-corrected chi connectivity index (χ3v) is 3.14. The van der Waals surface area contributed by atoms with E-state index in [1.807, 2.05) is 11.0 Å². The van der Waals surface area contributed by atoms with Crippen LogP contribution in [-0.4, -0.2) is 48.9 Å². The maximum absolute atomic E-state index is 11.7. The standard InChI is InChI=1S/C12H15N3O3S/c1-17-12(16)10-7-18-5-4-15(10)8-2-3-9(11(13)19)14-6-8/h2-3,6,10H,4-5,7H2,1H3,(H2,13,19). The Morgan fingerprint density at radius 1 is 1.63 bits per heavy atom. The molecule has 2 N–H and O–H groups in total. The number of thiocarbonyl (C=S) groups is 1. The molecule has 102 valence electrons. The van der Waals surface area contributed by atoms with Crippen LogP contribution in [0.2, 0.25) is 0 Å². The van der Waals surface area contributed by atoms with Crippen molar-refractivity contribution in [3.05, 3.63) is 24.0 Å². The van der Waals surface area contributed by atoms with E-state index in [0.29, 0.717) is 25.5 Å². The number of carbonyl (C=O) groups is 1. The van der Waals surface area contributed by atoms with Crippen LogP contribution in [0.5, 0.6) is 0 Å². The summed E-state index contributed by atoms with van der Waals surface area (Å²) in [7, 11) is 1.36. The molecule has 19 heavy (non-hydrogen) atoms. The number of pyridine rings is 1. The molecule has 1 saturated heterocycles. The van der Waals surface area contributed by atoms with Crippen LogP contribution in [0.15, 0.2) is 18.3 Å². The highest BCUT2D eigenvalue weighted by Crippen LogP contribution is 2.19. The summed E-state index contributed by atoms with van der Waals surface area (Å²) < 4.78 is 10.1. The third-order valence-electron chi connectivity index (χ3n) is 2.93. The average Bonchev–Trinajstić information content (AvgIpc) is 2.46. The lowest BCUT2D eigenvalue weighted by Crippen LogP contribution is -2.50. The van der Waals surface area contributed by atoms with Crippen molar-refractivity contribution in [2.24, 2.45) is 5.73 Å². The number of aromatic nitrogens is 1. The van der Waals surface area contributed by atoms with E-state index in [1.54, 1.807) is 12.3 Å². The molecule has 1 aliphatic rings. The van der Waals surface area contributed by atoms with Gasteiger partial charge in [-0.2, -0.15) is 0 Å². The van der Waals surface area contributed by atoms with Gasteiger partial charge in [0.2, 0.25) is 0 Å². The fourth-order valence-electron chi connectivity index (χ4n) is 1.95. The lowest BCUT2D eigenvalue weighted by molar-refractivity contribution is -0.144. The summed E-state index contributed by atoms with van der Waals surface area (Å²) >= 11 is 4.85. The molecule has 1 unspecified atom stereocenters. The summed E-state index contributed by atoms with van der Waals surface area (Å²) in [5.74, 6) is -0.321. The van der Waals surface area contributed by atoms with Crippen molar-refractivity contribution < 1.29 is 14.3 Å². The van der Waals surface area contributed by atoms with Gasteiger partial charge in [-0.05, 0) is 12.1 Å². The molecule has 2 rings (SSSR count). The number of carbonyl (C=O) groups excluding carboxylic acids is 1. The van der Waals surface area contributed by atoms with Gasteiger partial charge in [-0.3, -0.25) is 4.98 Å². The molecule has 2 heterocycles. The van der Waals surface area contributed by atoms with E-state index >= 15 is 0 Å². The Kier molecular flexibility index (Phi) is 4.28. The number of methoxy groups -OCH3 is 1. The van der Waals surface area contributed by atoms with Crippen LogP contribution < -0.4 is 10.6 Å². The highest BCUT2D eigenvalue weighted by molar-refractivity contribution is 7.80. The van der Waals surface area contributed by atoms with E-state index in [-0.39, 0.29) is 11.0 Å². The van der Waals surface area contributed by atoms with Crippen LogP contribution in [0, 0.1) is 0 Å². The first-order chi connectivity index (χ1) is 9.13. The molecular weight excluding hydrogens is 266 g/mol. The molecule has 0 radical (unpaired) electrons. The Morgan fingerprint density at radius 3 is 3.00 bits per heavy atom. The maximum atomic E-state index is 11.7. The summed E-state index contributed by atoms with van der Waals surface area (Å²) in [6, 6.07) is 3.13. The molecule has 0 spiro atoms. The largest absolute Gasteiger partial charge is 0.467 e. The molecule has 7 heteroatoms. The zero-order valence-corrected chi connectivity index (χ0v) is 11.4. The Morgan fingerprint density at radius 2 is 2.42 bits per heavy atom. The Bertz CT molecular complexity index is 478. The predicted octanol–water partition coefficient (Wildman–Crippen LogP) is 0.0940. The maximum Gasteiger partial charge on any atom is 0.330 e. The zero-order chi connectivity index (χ0) is 13.8. The van der Waals surface area contributed by atoms with E-state index < -0.39 is 6.04 Å². The van der Waals surface area contributed by atoms with Crippen LogP contribution in [0.1, 0.15) is 5.69 Å². The number of nitrogens with zero attached hydrogens (tertiary/aromatic N) is 2. The number of nitrogens with two attached hydrogens (primary N) is 1. The van der Waals surface area contributed by atoms with Crippen molar-refractivity contribution in [1.82, 2.24) is 4.98 Å². The van der Waals surface area contributed by atoms with Gasteiger partial charge < -0.3 is 20.1 Å². The van der Waals surface area contributed by atoms with Crippen molar-refractivity contribution in [3.8, 4) is 0 Å². The highest BCUT2D eigenvalue weighted by Gasteiger charge is 2.30. The second-order valence-corrected chi connectivity index (χ2v) is 4.51. The highest BCUT2D eigenvalue weighted by atomic mass is 32.1. The van der Waals surface area contributed by atoms with Gasteiger partial charge in [0.15, 0.2) is 6.04 Å². The van der Waals surface area contributed by atoms with Gasteiger partial charge in [-0.25, -0.2) is 4.79 Å².